The first kappa shape index (κ1) is 30.9. The van der Waals surface area contributed by atoms with Gasteiger partial charge in [-0.2, -0.15) is 15.0 Å². The first-order valence-electron chi connectivity index (χ1n) is 16.5. The zero-order chi connectivity index (χ0) is 30.9. The largest absolute Gasteiger partial charge is 0.494 e. The molecule has 1 aromatic heterocycles. The van der Waals surface area contributed by atoms with Crippen LogP contribution in [-0.4, -0.2) is 71.8 Å². The fraction of sp³-hybridized carbons (Fsp3) is 0.529. The Morgan fingerprint density at radius 1 is 0.933 bits per heavy atom. The second-order valence-electron chi connectivity index (χ2n) is 12.3. The third-order valence-electron chi connectivity index (χ3n) is 8.85. The number of nitrogens with one attached hydrogen (secondary N) is 3. The molecule has 1 spiro atoms. The molecule has 4 aliphatic rings. The predicted octanol–water partition coefficient (Wildman–Crippen LogP) is 5.56. The number of anilines is 3. The van der Waals surface area contributed by atoms with Gasteiger partial charge in [0.25, 0.3) is 5.91 Å². The maximum atomic E-state index is 13.8. The maximum Gasteiger partial charge on any atom is 0.323 e. The molecule has 2 fully saturated rings. The molecule has 2 aromatic carbocycles. The molecule has 6 bridgehead atoms. The monoisotopic (exact) mass is 615 g/mol. The average molecular weight is 616 g/mol. The van der Waals surface area contributed by atoms with E-state index >= 15 is 0 Å². The van der Waals surface area contributed by atoms with Gasteiger partial charge in [0.2, 0.25) is 11.9 Å². The van der Waals surface area contributed by atoms with Crippen LogP contribution in [0.2, 0.25) is 0 Å². The highest BCUT2D eigenvalue weighted by molar-refractivity contribution is 5.97. The third kappa shape index (κ3) is 8.13. The Balaban J connectivity index is 1.24. The summed E-state index contributed by atoms with van der Waals surface area (Å²) < 4.78 is 17.9. The normalized spacial score (nSPS) is 21.0. The Labute approximate surface area is 265 Å². The van der Waals surface area contributed by atoms with Gasteiger partial charge in [-0.1, -0.05) is 37.8 Å². The van der Waals surface area contributed by atoms with Gasteiger partial charge in [0.1, 0.15) is 11.5 Å². The van der Waals surface area contributed by atoms with Crippen LogP contribution in [0.4, 0.5) is 17.6 Å². The molecule has 5 heterocycles. The number of benzene rings is 2. The van der Waals surface area contributed by atoms with Crippen LogP contribution >= 0.6 is 0 Å². The van der Waals surface area contributed by atoms with Crippen molar-refractivity contribution in [3.8, 4) is 17.5 Å². The number of likely N-dealkylation sites (tertiary alicyclic amines) is 1. The van der Waals surface area contributed by atoms with Crippen molar-refractivity contribution >= 4 is 23.5 Å². The van der Waals surface area contributed by atoms with E-state index in [1.807, 2.05) is 54.3 Å². The number of ether oxygens (including phenoxy) is 3. The SMILES string of the molecule is CCOc1nc2nc(n1)Nc1ccc(C(=O)N3CCC4(CCNC4)C3)c(c1)OCCCCCCCCOc1ccc(cc1)CN2. The molecule has 3 N–H and O–H groups in total. The van der Waals surface area contributed by atoms with E-state index < -0.39 is 0 Å². The third-order valence-corrected chi connectivity index (χ3v) is 8.85. The Bertz CT molecular complexity index is 1430. The van der Waals surface area contributed by atoms with E-state index in [0.29, 0.717) is 55.3 Å². The van der Waals surface area contributed by atoms with E-state index in [4.69, 9.17) is 14.2 Å². The minimum absolute atomic E-state index is 0.0260. The Hall–Kier alpha value is -4.12. The molecule has 2 saturated heterocycles. The lowest BCUT2D eigenvalue weighted by Gasteiger charge is -2.23. The summed E-state index contributed by atoms with van der Waals surface area (Å²) >= 11 is 0. The van der Waals surface area contributed by atoms with Crippen LogP contribution in [0.25, 0.3) is 0 Å². The summed E-state index contributed by atoms with van der Waals surface area (Å²) in [5.74, 6) is 2.20. The van der Waals surface area contributed by atoms with Crippen molar-refractivity contribution in [2.45, 2.75) is 64.8 Å². The molecular formula is C34H45N7O4. The first-order chi connectivity index (χ1) is 22.1. The molecule has 1 unspecified atom stereocenters. The zero-order valence-electron chi connectivity index (χ0n) is 26.3. The second kappa shape index (κ2) is 14.8. The van der Waals surface area contributed by atoms with Crippen molar-refractivity contribution in [3.05, 3.63) is 53.6 Å². The number of carbonyl (C=O) groups is 1. The zero-order valence-corrected chi connectivity index (χ0v) is 26.3. The van der Waals surface area contributed by atoms with Crippen LogP contribution in [0, 0.1) is 5.41 Å². The molecule has 0 radical (unpaired) electrons. The van der Waals surface area contributed by atoms with Gasteiger partial charge in [-0.25, -0.2) is 0 Å². The molecule has 7 rings (SSSR count). The van der Waals surface area contributed by atoms with Crippen LogP contribution in [0.5, 0.6) is 17.5 Å². The van der Waals surface area contributed by atoms with Crippen molar-refractivity contribution in [2.24, 2.45) is 5.41 Å². The molecular weight excluding hydrogens is 570 g/mol. The van der Waals surface area contributed by atoms with Crippen LogP contribution in [0.15, 0.2) is 42.5 Å². The second-order valence-corrected chi connectivity index (χ2v) is 12.3. The van der Waals surface area contributed by atoms with Crippen LogP contribution in [-0.2, 0) is 6.54 Å². The summed E-state index contributed by atoms with van der Waals surface area (Å²) in [5, 5.41) is 10.1. The number of fused-ring (bicyclic) bond motifs is 12. The van der Waals surface area contributed by atoms with E-state index in [9.17, 15) is 4.79 Å². The van der Waals surface area contributed by atoms with Gasteiger partial charge in [0, 0.05) is 43.3 Å². The van der Waals surface area contributed by atoms with Gasteiger partial charge < -0.3 is 35.1 Å². The van der Waals surface area contributed by atoms with Crippen molar-refractivity contribution in [1.29, 1.82) is 0 Å². The van der Waals surface area contributed by atoms with Crippen LogP contribution in [0.3, 0.4) is 0 Å². The lowest BCUT2D eigenvalue weighted by molar-refractivity contribution is 0.0771. The lowest BCUT2D eigenvalue weighted by atomic mass is 9.86. The average Bonchev–Trinajstić information content (AvgIpc) is 3.70. The van der Waals surface area contributed by atoms with Gasteiger partial charge in [0.05, 0.1) is 25.4 Å². The number of hydrogen-bond acceptors (Lipinski definition) is 10. The van der Waals surface area contributed by atoms with Gasteiger partial charge in [0.15, 0.2) is 0 Å². The first-order valence-corrected chi connectivity index (χ1v) is 16.5. The van der Waals surface area contributed by atoms with Crippen molar-refractivity contribution < 1.29 is 19.0 Å². The fourth-order valence-corrected chi connectivity index (χ4v) is 6.30. The van der Waals surface area contributed by atoms with Crippen molar-refractivity contribution in [3.63, 3.8) is 0 Å². The van der Waals surface area contributed by atoms with Gasteiger partial charge in [-0.05, 0) is 69.0 Å². The van der Waals surface area contributed by atoms with E-state index in [0.717, 1.165) is 82.4 Å². The topological polar surface area (TPSA) is 123 Å². The van der Waals surface area contributed by atoms with E-state index in [1.54, 1.807) is 0 Å². The molecule has 45 heavy (non-hydrogen) atoms. The summed E-state index contributed by atoms with van der Waals surface area (Å²) in [6, 6.07) is 13.9. The number of nitrogens with zero attached hydrogens (tertiary/aromatic N) is 4. The minimum Gasteiger partial charge on any atom is -0.494 e. The van der Waals surface area contributed by atoms with Gasteiger partial charge in [-0.15, -0.1) is 0 Å². The Kier molecular flexibility index (Phi) is 10.1. The molecule has 11 heteroatoms. The lowest BCUT2D eigenvalue weighted by Crippen LogP contribution is -2.33. The van der Waals surface area contributed by atoms with Crippen LogP contribution < -0.4 is 30.2 Å². The van der Waals surface area contributed by atoms with E-state index in [-0.39, 0.29) is 17.3 Å². The van der Waals surface area contributed by atoms with Crippen LogP contribution in [0.1, 0.15) is 74.2 Å². The molecule has 0 aliphatic carbocycles. The summed E-state index contributed by atoms with van der Waals surface area (Å²) in [5.41, 5.74) is 2.58. The van der Waals surface area contributed by atoms with Gasteiger partial charge >= 0.3 is 6.01 Å². The van der Waals surface area contributed by atoms with Crippen molar-refractivity contribution in [1.82, 2.24) is 25.2 Å². The van der Waals surface area contributed by atoms with E-state index in [2.05, 4.69) is 30.9 Å². The Morgan fingerprint density at radius 2 is 1.71 bits per heavy atom. The number of hydrogen-bond donors (Lipinski definition) is 3. The predicted molar refractivity (Wildman–Crippen MR) is 174 cm³/mol. The highest BCUT2D eigenvalue weighted by Gasteiger charge is 2.42. The molecule has 1 amide bonds. The molecule has 4 aliphatic heterocycles. The highest BCUT2D eigenvalue weighted by Crippen LogP contribution is 2.37. The molecule has 240 valence electrons. The molecule has 1 atom stereocenters. The van der Waals surface area contributed by atoms with Gasteiger partial charge in [-0.3, -0.25) is 4.79 Å². The Morgan fingerprint density at radius 3 is 2.49 bits per heavy atom. The standard InChI is InChI=1S/C34H45N7O4/c1-2-43-33-39-31-36-22-25-9-12-27(13-10-25)44-19-7-5-3-4-6-8-20-45-29-21-26(37-32(38-31)40-33)11-14-28(29)30(42)41-18-16-34(24-41)15-17-35-23-34/h9-14,21,35H,2-8,15-20,22-24H2,1H3,(H2,36,37,38,39,40). The number of carbonyl (C=O) groups excluding carboxylic acids is 1. The smallest absolute Gasteiger partial charge is 0.323 e. The summed E-state index contributed by atoms with van der Waals surface area (Å²) in [4.78, 5) is 29.3. The van der Waals surface area contributed by atoms with E-state index in [1.165, 1.54) is 6.42 Å². The molecule has 3 aromatic rings. The maximum absolute atomic E-state index is 13.8. The summed E-state index contributed by atoms with van der Waals surface area (Å²) in [6.45, 7) is 7.66. The molecule has 0 saturated carbocycles. The summed E-state index contributed by atoms with van der Waals surface area (Å²) in [7, 11) is 0. The number of amides is 1. The minimum atomic E-state index is 0.0260. The number of aromatic nitrogens is 3. The quantitative estimate of drug-likeness (QED) is 0.345. The molecule has 11 nitrogen and oxygen atoms in total. The van der Waals surface area contributed by atoms with Crippen molar-refractivity contribution in [2.75, 3.05) is 56.6 Å². The number of rotatable bonds is 3. The fourth-order valence-electron chi connectivity index (χ4n) is 6.30. The highest BCUT2D eigenvalue weighted by atomic mass is 16.5. The summed E-state index contributed by atoms with van der Waals surface area (Å²) in [6.07, 6.45) is 8.64.